The summed E-state index contributed by atoms with van der Waals surface area (Å²) in [6.07, 6.45) is 4.15. The van der Waals surface area contributed by atoms with Crippen LogP contribution in [-0.2, 0) is 19.6 Å². The van der Waals surface area contributed by atoms with Crippen molar-refractivity contribution in [2.24, 2.45) is 10.9 Å². The molecule has 7 heteroatoms. The van der Waals surface area contributed by atoms with Gasteiger partial charge in [-0.2, -0.15) is 0 Å². The van der Waals surface area contributed by atoms with E-state index in [4.69, 9.17) is 14.2 Å². The summed E-state index contributed by atoms with van der Waals surface area (Å²) in [4.78, 5) is 4.38. The lowest BCUT2D eigenvalue weighted by atomic mass is 9.74. The SMILES string of the molecule is CN=C(NCCCOCC1CCOC1)NCC1(c2ccccc2)CCOCC1.I. The Kier molecular flexibility index (Phi) is 11.3. The van der Waals surface area contributed by atoms with E-state index < -0.39 is 0 Å². The Hall–Kier alpha value is -0.900. The molecule has 2 aliphatic heterocycles. The zero-order valence-corrected chi connectivity index (χ0v) is 19.9. The van der Waals surface area contributed by atoms with Gasteiger partial charge in [0.2, 0.25) is 0 Å². The van der Waals surface area contributed by atoms with Gasteiger partial charge in [0.25, 0.3) is 0 Å². The molecule has 0 aliphatic carbocycles. The molecule has 0 amide bonds. The summed E-state index contributed by atoms with van der Waals surface area (Å²) < 4.78 is 16.8. The number of benzene rings is 1. The summed E-state index contributed by atoms with van der Waals surface area (Å²) in [6.45, 7) is 6.65. The van der Waals surface area contributed by atoms with Gasteiger partial charge in [0.1, 0.15) is 0 Å². The van der Waals surface area contributed by atoms with Crippen LogP contribution in [0, 0.1) is 5.92 Å². The molecule has 0 radical (unpaired) electrons. The molecular weight excluding hydrogens is 481 g/mol. The second-order valence-electron chi connectivity index (χ2n) is 7.77. The quantitative estimate of drug-likeness (QED) is 0.228. The fraction of sp³-hybridized carbons (Fsp3) is 0.682. The minimum absolute atomic E-state index is 0. The van der Waals surface area contributed by atoms with E-state index in [0.717, 1.165) is 84.4 Å². The van der Waals surface area contributed by atoms with Gasteiger partial charge in [-0.25, -0.2) is 0 Å². The van der Waals surface area contributed by atoms with Gasteiger partial charge in [0.15, 0.2) is 5.96 Å². The number of hydrogen-bond acceptors (Lipinski definition) is 4. The molecule has 2 fully saturated rings. The Morgan fingerprint density at radius 2 is 1.93 bits per heavy atom. The largest absolute Gasteiger partial charge is 0.381 e. The van der Waals surface area contributed by atoms with Crippen LogP contribution in [0.1, 0.15) is 31.2 Å². The van der Waals surface area contributed by atoms with Crippen LogP contribution in [0.4, 0.5) is 0 Å². The van der Waals surface area contributed by atoms with Crippen LogP contribution in [0.15, 0.2) is 35.3 Å². The van der Waals surface area contributed by atoms with Gasteiger partial charge in [-0.05, 0) is 31.2 Å². The molecule has 2 heterocycles. The van der Waals surface area contributed by atoms with Crippen LogP contribution in [-0.4, -0.2) is 65.7 Å². The molecule has 1 aromatic carbocycles. The Balaban J connectivity index is 0.00000300. The van der Waals surface area contributed by atoms with Crippen LogP contribution in [0.2, 0.25) is 0 Å². The van der Waals surface area contributed by atoms with E-state index in [-0.39, 0.29) is 29.4 Å². The summed E-state index contributed by atoms with van der Waals surface area (Å²) in [7, 11) is 1.82. The van der Waals surface area contributed by atoms with Gasteiger partial charge in [0, 0.05) is 57.9 Å². The monoisotopic (exact) mass is 517 g/mol. The van der Waals surface area contributed by atoms with Gasteiger partial charge in [-0.15, -0.1) is 24.0 Å². The third kappa shape index (κ3) is 7.70. The molecular formula is C22H36IN3O3. The third-order valence-corrected chi connectivity index (χ3v) is 5.79. The second kappa shape index (κ2) is 13.4. The zero-order chi connectivity index (χ0) is 19.5. The first-order valence-corrected chi connectivity index (χ1v) is 10.6. The van der Waals surface area contributed by atoms with Crippen molar-refractivity contribution >= 4 is 29.9 Å². The van der Waals surface area contributed by atoms with E-state index in [1.54, 1.807) is 0 Å². The first-order valence-electron chi connectivity index (χ1n) is 10.6. The lowest BCUT2D eigenvalue weighted by Crippen LogP contribution is -2.48. The van der Waals surface area contributed by atoms with Crippen molar-refractivity contribution in [3.05, 3.63) is 35.9 Å². The van der Waals surface area contributed by atoms with Crippen molar-refractivity contribution in [1.82, 2.24) is 10.6 Å². The highest BCUT2D eigenvalue weighted by atomic mass is 127. The molecule has 6 nitrogen and oxygen atoms in total. The minimum atomic E-state index is 0. The number of nitrogens with one attached hydrogen (secondary N) is 2. The van der Waals surface area contributed by atoms with Gasteiger partial charge in [-0.1, -0.05) is 30.3 Å². The number of rotatable bonds is 9. The van der Waals surface area contributed by atoms with E-state index in [9.17, 15) is 0 Å². The molecule has 3 rings (SSSR count). The Morgan fingerprint density at radius 3 is 2.62 bits per heavy atom. The number of halogens is 1. The lowest BCUT2D eigenvalue weighted by molar-refractivity contribution is 0.0513. The molecule has 0 saturated carbocycles. The van der Waals surface area contributed by atoms with Gasteiger partial charge in [-0.3, -0.25) is 4.99 Å². The number of ether oxygens (including phenoxy) is 3. The molecule has 0 spiro atoms. The van der Waals surface area contributed by atoms with Gasteiger partial charge >= 0.3 is 0 Å². The Morgan fingerprint density at radius 1 is 1.14 bits per heavy atom. The number of hydrogen-bond donors (Lipinski definition) is 2. The highest BCUT2D eigenvalue weighted by molar-refractivity contribution is 14.0. The third-order valence-electron chi connectivity index (χ3n) is 5.79. The van der Waals surface area contributed by atoms with Crippen LogP contribution in [0.5, 0.6) is 0 Å². The molecule has 1 aromatic rings. The van der Waals surface area contributed by atoms with Gasteiger partial charge in [0.05, 0.1) is 13.2 Å². The molecule has 0 aromatic heterocycles. The van der Waals surface area contributed by atoms with Crippen LogP contribution in [0.25, 0.3) is 0 Å². The molecule has 2 saturated heterocycles. The summed E-state index contributed by atoms with van der Waals surface area (Å²) in [5, 5.41) is 6.95. The van der Waals surface area contributed by atoms with E-state index in [0.29, 0.717) is 5.92 Å². The van der Waals surface area contributed by atoms with Crippen molar-refractivity contribution in [1.29, 1.82) is 0 Å². The standard InChI is InChI=1S/C22H35N3O3.HI/c1-23-21(24-11-5-12-27-16-19-8-13-28-17-19)25-18-22(9-14-26-15-10-22)20-6-3-2-4-7-20;/h2-4,6-7,19H,5,8-18H2,1H3,(H2,23,24,25);1H. The van der Waals surface area contributed by atoms with Crippen molar-refractivity contribution in [3.63, 3.8) is 0 Å². The number of aliphatic imine (C=N–C) groups is 1. The molecule has 2 N–H and O–H groups in total. The normalized spacial score (nSPS) is 21.4. The first-order chi connectivity index (χ1) is 13.8. The summed E-state index contributed by atoms with van der Waals surface area (Å²) in [6, 6.07) is 10.8. The highest BCUT2D eigenvalue weighted by Crippen LogP contribution is 2.34. The minimum Gasteiger partial charge on any atom is -0.381 e. The predicted octanol–water partition coefficient (Wildman–Crippen LogP) is 2.96. The van der Waals surface area contributed by atoms with Crippen LogP contribution in [0.3, 0.4) is 0 Å². The van der Waals surface area contributed by atoms with E-state index in [2.05, 4.69) is 46.0 Å². The lowest BCUT2D eigenvalue weighted by Gasteiger charge is -2.38. The Labute approximate surface area is 192 Å². The average molecular weight is 517 g/mol. The van der Waals surface area contributed by atoms with Crippen molar-refractivity contribution in [3.8, 4) is 0 Å². The summed E-state index contributed by atoms with van der Waals surface area (Å²) >= 11 is 0. The maximum absolute atomic E-state index is 5.77. The fourth-order valence-electron chi connectivity index (χ4n) is 3.94. The number of guanidine groups is 1. The second-order valence-corrected chi connectivity index (χ2v) is 7.77. The van der Waals surface area contributed by atoms with Gasteiger partial charge < -0.3 is 24.8 Å². The average Bonchev–Trinajstić information content (AvgIpc) is 3.27. The first kappa shape index (κ1) is 24.4. The highest BCUT2D eigenvalue weighted by Gasteiger charge is 2.34. The van der Waals surface area contributed by atoms with E-state index >= 15 is 0 Å². The van der Waals surface area contributed by atoms with Crippen molar-refractivity contribution < 1.29 is 14.2 Å². The molecule has 164 valence electrons. The summed E-state index contributed by atoms with van der Waals surface area (Å²) in [5.74, 6) is 1.43. The smallest absolute Gasteiger partial charge is 0.191 e. The molecule has 0 bridgehead atoms. The van der Waals surface area contributed by atoms with E-state index in [1.165, 1.54) is 5.56 Å². The summed E-state index contributed by atoms with van der Waals surface area (Å²) in [5.41, 5.74) is 1.48. The topological polar surface area (TPSA) is 64.1 Å². The van der Waals surface area contributed by atoms with Crippen LogP contribution >= 0.6 is 24.0 Å². The van der Waals surface area contributed by atoms with Crippen molar-refractivity contribution in [2.75, 3.05) is 59.8 Å². The fourth-order valence-corrected chi connectivity index (χ4v) is 3.94. The van der Waals surface area contributed by atoms with Crippen molar-refractivity contribution in [2.45, 2.75) is 31.1 Å². The Bertz CT molecular complexity index is 588. The molecule has 2 aliphatic rings. The number of nitrogens with zero attached hydrogens (tertiary/aromatic N) is 1. The zero-order valence-electron chi connectivity index (χ0n) is 17.5. The van der Waals surface area contributed by atoms with Crippen LogP contribution < -0.4 is 10.6 Å². The maximum Gasteiger partial charge on any atom is 0.191 e. The maximum atomic E-state index is 5.77. The molecule has 1 unspecified atom stereocenters. The molecule has 29 heavy (non-hydrogen) atoms. The van der Waals surface area contributed by atoms with E-state index in [1.807, 2.05) is 7.05 Å². The molecule has 1 atom stereocenters. The predicted molar refractivity (Wildman–Crippen MR) is 127 cm³/mol.